The zero-order valence-corrected chi connectivity index (χ0v) is 13.8. The van der Waals surface area contributed by atoms with Gasteiger partial charge < -0.3 is 9.73 Å². The van der Waals surface area contributed by atoms with Gasteiger partial charge in [0.25, 0.3) is 0 Å². The molecule has 0 aliphatic rings. The lowest BCUT2D eigenvalue weighted by molar-refractivity contribution is 0.622. The fourth-order valence-corrected chi connectivity index (χ4v) is 2.78. The lowest BCUT2D eigenvalue weighted by Crippen LogP contribution is -2.13. The fourth-order valence-electron chi connectivity index (χ4n) is 2.41. The van der Waals surface area contributed by atoms with Crippen LogP contribution in [0.2, 0.25) is 0 Å². The van der Waals surface area contributed by atoms with Gasteiger partial charge in [-0.05, 0) is 37.2 Å². The highest BCUT2D eigenvalue weighted by Crippen LogP contribution is 2.30. The molecule has 0 bridgehead atoms. The van der Waals surface area contributed by atoms with Crippen molar-refractivity contribution >= 4 is 26.9 Å². The third-order valence-corrected chi connectivity index (χ3v) is 3.85. The summed E-state index contributed by atoms with van der Waals surface area (Å²) in [6.07, 6.45) is 3.16. The molecular formula is C16H18BrN3O. The summed E-state index contributed by atoms with van der Waals surface area (Å²) >= 11 is 3.49. The van der Waals surface area contributed by atoms with Gasteiger partial charge in [-0.15, -0.1) is 0 Å². The van der Waals surface area contributed by atoms with Gasteiger partial charge in [0.1, 0.15) is 11.3 Å². The highest BCUT2D eigenvalue weighted by Gasteiger charge is 2.14. The van der Waals surface area contributed by atoms with Gasteiger partial charge in [0.2, 0.25) is 0 Å². The Morgan fingerprint density at radius 1 is 1.33 bits per heavy atom. The quantitative estimate of drug-likeness (QED) is 0.706. The summed E-state index contributed by atoms with van der Waals surface area (Å²) in [5.41, 5.74) is 2.95. The number of nitrogens with one attached hydrogen (secondary N) is 1. The summed E-state index contributed by atoms with van der Waals surface area (Å²) in [5.74, 6) is 0.817. The molecule has 0 fully saturated rings. The summed E-state index contributed by atoms with van der Waals surface area (Å²) in [6, 6.07) is 8.06. The maximum Gasteiger partial charge on any atom is 0.156 e. The van der Waals surface area contributed by atoms with E-state index in [1.165, 1.54) is 0 Å². The molecule has 5 heteroatoms. The van der Waals surface area contributed by atoms with E-state index in [1.54, 1.807) is 0 Å². The van der Waals surface area contributed by atoms with Crippen LogP contribution >= 0.6 is 15.9 Å². The van der Waals surface area contributed by atoms with Crippen molar-refractivity contribution in [2.24, 2.45) is 7.05 Å². The van der Waals surface area contributed by atoms with Crippen molar-refractivity contribution in [1.82, 2.24) is 15.1 Å². The Hall–Kier alpha value is -1.59. The van der Waals surface area contributed by atoms with Gasteiger partial charge >= 0.3 is 0 Å². The number of halogens is 1. The van der Waals surface area contributed by atoms with Crippen LogP contribution in [0, 0.1) is 0 Å². The molecule has 4 nitrogen and oxygen atoms in total. The minimum Gasteiger partial charge on any atom is -0.454 e. The zero-order valence-electron chi connectivity index (χ0n) is 12.2. The average Bonchev–Trinajstić information content (AvgIpc) is 3.02. The Balaban J connectivity index is 1.97. The van der Waals surface area contributed by atoms with Gasteiger partial charge in [0.05, 0.1) is 0 Å². The first-order chi connectivity index (χ1) is 10.2. The number of hydrogen-bond acceptors (Lipinski definition) is 3. The molecule has 0 aliphatic heterocycles. The summed E-state index contributed by atoms with van der Waals surface area (Å²) in [5, 5.41) is 9.04. The first kappa shape index (κ1) is 14.4. The number of aryl methyl sites for hydroxylation is 1. The van der Waals surface area contributed by atoms with Gasteiger partial charge in [-0.2, -0.15) is 5.10 Å². The van der Waals surface area contributed by atoms with Crippen LogP contribution in [0.5, 0.6) is 0 Å². The van der Waals surface area contributed by atoms with Gasteiger partial charge in [-0.1, -0.05) is 22.9 Å². The number of hydrogen-bond donors (Lipinski definition) is 1. The standard InChI is InChI=1S/C16H18BrN3O/c1-3-6-18-9-12-10-20(2)19-16(12)15-8-11-7-13(17)4-5-14(11)21-15/h4-5,7-8,10,18H,3,6,9H2,1-2H3. The SMILES string of the molecule is CCCNCc1cn(C)nc1-c1cc2cc(Br)ccc2o1. The second-order valence-electron chi connectivity index (χ2n) is 5.15. The molecule has 0 amide bonds. The van der Waals surface area contributed by atoms with Gasteiger partial charge in [0, 0.05) is 35.2 Å². The van der Waals surface area contributed by atoms with Gasteiger partial charge in [-0.3, -0.25) is 4.68 Å². The summed E-state index contributed by atoms with van der Waals surface area (Å²) in [6.45, 7) is 3.97. The minimum atomic E-state index is 0.803. The molecule has 1 aromatic carbocycles. The van der Waals surface area contributed by atoms with Crippen molar-refractivity contribution in [3.8, 4) is 11.5 Å². The van der Waals surface area contributed by atoms with Gasteiger partial charge in [-0.25, -0.2) is 0 Å². The predicted molar refractivity (Wildman–Crippen MR) is 88.1 cm³/mol. The van der Waals surface area contributed by atoms with Crippen molar-refractivity contribution in [3.05, 3.63) is 40.5 Å². The first-order valence-corrected chi connectivity index (χ1v) is 7.89. The van der Waals surface area contributed by atoms with Gasteiger partial charge in [0.15, 0.2) is 5.76 Å². The van der Waals surface area contributed by atoms with E-state index in [0.717, 1.165) is 52.0 Å². The topological polar surface area (TPSA) is 43.0 Å². The molecule has 0 radical (unpaired) electrons. The second-order valence-corrected chi connectivity index (χ2v) is 6.06. The number of fused-ring (bicyclic) bond motifs is 1. The summed E-state index contributed by atoms with van der Waals surface area (Å²) in [4.78, 5) is 0. The van der Waals surface area contributed by atoms with Crippen LogP contribution < -0.4 is 5.32 Å². The third kappa shape index (κ3) is 3.04. The number of rotatable bonds is 5. The Bertz CT molecular complexity index is 760. The Labute approximate surface area is 132 Å². The normalized spacial score (nSPS) is 11.4. The van der Waals surface area contributed by atoms with Crippen molar-refractivity contribution < 1.29 is 4.42 Å². The minimum absolute atomic E-state index is 0.803. The second kappa shape index (κ2) is 6.03. The molecule has 2 heterocycles. The molecule has 0 saturated heterocycles. The van der Waals surface area contributed by atoms with E-state index in [-0.39, 0.29) is 0 Å². The number of aromatic nitrogens is 2. The van der Waals surface area contributed by atoms with Crippen molar-refractivity contribution in [3.63, 3.8) is 0 Å². The average molecular weight is 348 g/mol. The monoisotopic (exact) mass is 347 g/mol. The molecule has 0 atom stereocenters. The van der Waals surface area contributed by atoms with Crippen LogP contribution in [0.4, 0.5) is 0 Å². The molecule has 110 valence electrons. The van der Waals surface area contributed by atoms with Crippen LogP contribution in [-0.2, 0) is 13.6 Å². The maximum absolute atomic E-state index is 5.94. The van der Waals surface area contributed by atoms with E-state index < -0.39 is 0 Å². The smallest absolute Gasteiger partial charge is 0.156 e. The molecule has 0 saturated carbocycles. The molecule has 21 heavy (non-hydrogen) atoms. The molecular weight excluding hydrogens is 330 g/mol. The van der Waals surface area contributed by atoms with E-state index >= 15 is 0 Å². The number of furan rings is 1. The predicted octanol–water partition coefficient (Wildman–Crippen LogP) is 4.10. The number of benzene rings is 1. The van der Waals surface area contributed by atoms with E-state index in [1.807, 2.05) is 36.1 Å². The van der Waals surface area contributed by atoms with Crippen LogP contribution in [0.15, 0.2) is 39.4 Å². The molecule has 1 N–H and O–H groups in total. The highest BCUT2D eigenvalue weighted by molar-refractivity contribution is 9.10. The molecule has 0 unspecified atom stereocenters. The fraction of sp³-hybridized carbons (Fsp3) is 0.312. The zero-order chi connectivity index (χ0) is 14.8. The summed E-state index contributed by atoms with van der Waals surface area (Å²) in [7, 11) is 1.94. The van der Waals surface area contributed by atoms with E-state index in [2.05, 4.69) is 39.3 Å². The molecule has 0 aliphatic carbocycles. The highest BCUT2D eigenvalue weighted by atomic mass is 79.9. The Morgan fingerprint density at radius 3 is 3.00 bits per heavy atom. The lowest BCUT2D eigenvalue weighted by Gasteiger charge is -2.01. The van der Waals surface area contributed by atoms with E-state index in [0.29, 0.717) is 0 Å². The van der Waals surface area contributed by atoms with Crippen molar-refractivity contribution in [1.29, 1.82) is 0 Å². The van der Waals surface area contributed by atoms with Crippen LogP contribution in [-0.4, -0.2) is 16.3 Å². The lowest BCUT2D eigenvalue weighted by atomic mass is 10.2. The van der Waals surface area contributed by atoms with Crippen molar-refractivity contribution in [2.45, 2.75) is 19.9 Å². The van der Waals surface area contributed by atoms with Crippen molar-refractivity contribution in [2.75, 3.05) is 6.54 Å². The summed E-state index contributed by atoms with van der Waals surface area (Å²) < 4.78 is 8.83. The Morgan fingerprint density at radius 2 is 2.19 bits per heavy atom. The number of nitrogens with zero attached hydrogens (tertiary/aromatic N) is 2. The van der Waals surface area contributed by atoms with Crippen LogP contribution in [0.25, 0.3) is 22.4 Å². The van der Waals surface area contributed by atoms with E-state index in [9.17, 15) is 0 Å². The third-order valence-electron chi connectivity index (χ3n) is 3.36. The van der Waals surface area contributed by atoms with E-state index in [4.69, 9.17) is 4.42 Å². The Kier molecular flexibility index (Phi) is 4.12. The first-order valence-electron chi connectivity index (χ1n) is 7.10. The molecule has 3 rings (SSSR count). The maximum atomic E-state index is 5.94. The molecule has 0 spiro atoms. The van der Waals surface area contributed by atoms with Crippen LogP contribution in [0.1, 0.15) is 18.9 Å². The molecule has 3 aromatic rings. The molecule has 2 aromatic heterocycles. The van der Waals surface area contributed by atoms with Crippen LogP contribution in [0.3, 0.4) is 0 Å². The largest absolute Gasteiger partial charge is 0.454 e.